The fraction of sp³-hybridized carbons (Fsp3) is 0.235. The Bertz CT molecular complexity index is 828. The second-order valence-electron chi connectivity index (χ2n) is 5.28. The van der Waals surface area contributed by atoms with Crippen molar-refractivity contribution in [2.75, 3.05) is 0 Å². The molecule has 1 N–H and O–H groups in total. The fourth-order valence-electron chi connectivity index (χ4n) is 2.33. The predicted molar refractivity (Wildman–Crippen MR) is 96.2 cm³/mol. The summed E-state index contributed by atoms with van der Waals surface area (Å²) in [7, 11) is 0. The largest absolute Gasteiger partial charge is 0.347 e. The van der Waals surface area contributed by atoms with Gasteiger partial charge >= 0.3 is 0 Å². The molecule has 24 heavy (non-hydrogen) atoms. The van der Waals surface area contributed by atoms with Crippen LogP contribution in [0.25, 0.3) is 10.6 Å². The maximum absolute atomic E-state index is 12.6. The number of pyridine rings is 1. The molecule has 0 atom stereocenters. The molecular weight excluding hydrogens is 344 g/mol. The summed E-state index contributed by atoms with van der Waals surface area (Å²) in [6, 6.07) is 9.33. The highest BCUT2D eigenvalue weighted by Crippen LogP contribution is 2.30. The zero-order valence-corrected chi connectivity index (χ0v) is 14.8. The molecule has 0 saturated carbocycles. The van der Waals surface area contributed by atoms with Gasteiger partial charge in [-0.15, -0.1) is 11.3 Å². The lowest BCUT2D eigenvalue weighted by atomic mass is 10.2. The van der Waals surface area contributed by atoms with Crippen LogP contribution in [-0.4, -0.2) is 20.7 Å². The van der Waals surface area contributed by atoms with Crippen molar-refractivity contribution in [3.8, 4) is 10.6 Å². The molecule has 0 aliphatic rings. The van der Waals surface area contributed by atoms with Gasteiger partial charge in [-0.1, -0.05) is 18.5 Å². The van der Waals surface area contributed by atoms with Crippen molar-refractivity contribution in [3.05, 3.63) is 58.3 Å². The van der Waals surface area contributed by atoms with E-state index in [2.05, 4.69) is 22.3 Å². The second kappa shape index (κ2) is 7.59. The number of hydrogen-bond acceptors (Lipinski definition) is 4. The van der Waals surface area contributed by atoms with Crippen LogP contribution >= 0.6 is 22.9 Å². The molecule has 3 rings (SSSR count). The number of nitrogens with zero attached hydrogens (tertiary/aromatic N) is 3. The molecule has 0 aliphatic heterocycles. The van der Waals surface area contributed by atoms with Gasteiger partial charge in [0.05, 0.1) is 9.21 Å². The summed E-state index contributed by atoms with van der Waals surface area (Å²) >= 11 is 7.45. The number of hydrogen-bond donors (Lipinski definition) is 1. The van der Waals surface area contributed by atoms with Crippen LogP contribution in [0.3, 0.4) is 0 Å². The van der Waals surface area contributed by atoms with E-state index in [1.165, 1.54) is 11.3 Å². The van der Waals surface area contributed by atoms with E-state index in [4.69, 9.17) is 11.6 Å². The van der Waals surface area contributed by atoms with Crippen molar-refractivity contribution in [1.82, 2.24) is 20.1 Å². The monoisotopic (exact) mass is 360 g/mol. The van der Waals surface area contributed by atoms with Gasteiger partial charge in [0.1, 0.15) is 11.4 Å². The quantitative estimate of drug-likeness (QED) is 0.722. The van der Waals surface area contributed by atoms with Crippen molar-refractivity contribution < 1.29 is 4.79 Å². The second-order valence-corrected chi connectivity index (χ2v) is 6.99. The van der Waals surface area contributed by atoms with Crippen LogP contribution in [0, 0.1) is 0 Å². The third-order valence-corrected chi connectivity index (χ3v) is 4.73. The number of aryl methyl sites for hydroxylation is 1. The van der Waals surface area contributed by atoms with Gasteiger partial charge in [-0.3, -0.25) is 14.5 Å². The third-order valence-electron chi connectivity index (χ3n) is 3.48. The molecule has 0 fully saturated rings. The van der Waals surface area contributed by atoms with E-state index in [0.29, 0.717) is 23.1 Å². The number of carbonyl (C=O) groups is 1. The van der Waals surface area contributed by atoms with Crippen LogP contribution in [0.5, 0.6) is 0 Å². The van der Waals surface area contributed by atoms with Crippen LogP contribution in [0.4, 0.5) is 0 Å². The Morgan fingerprint density at radius 1 is 1.29 bits per heavy atom. The van der Waals surface area contributed by atoms with E-state index in [0.717, 1.165) is 22.6 Å². The molecule has 0 spiro atoms. The number of aromatic nitrogens is 3. The fourth-order valence-corrected chi connectivity index (χ4v) is 3.33. The maximum Gasteiger partial charge on any atom is 0.269 e. The molecule has 0 radical (unpaired) electrons. The number of amides is 1. The topological polar surface area (TPSA) is 59.8 Å². The van der Waals surface area contributed by atoms with Crippen LogP contribution in [0.15, 0.2) is 42.7 Å². The van der Waals surface area contributed by atoms with Gasteiger partial charge in [0, 0.05) is 25.5 Å². The normalized spacial score (nSPS) is 10.8. The van der Waals surface area contributed by atoms with E-state index in [9.17, 15) is 4.79 Å². The van der Waals surface area contributed by atoms with Crippen molar-refractivity contribution in [1.29, 1.82) is 0 Å². The van der Waals surface area contributed by atoms with E-state index in [1.54, 1.807) is 17.1 Å². The summed E-state index contributed by atoms with van der Waals surface area (Å²) < 4.78 is 2.46. The van der Waals surface area contributed by atoms with Crippen LogP contribution in [0.2, 0.25) is 4.34 Å². The number of halogens is 1. The first-order chi connectivity index (χ1) is 11.7. The minimum absolute atomic E-state index is 0.137. The highest BCUT2D eigenvalue weighted by atomic mass is 35.5. The van der Waals surface area contributed by atoms with Gasteiger partial charge in [0.15, 0.2) is 0 Å². The Kier molecular flexibility index (Phi) is 5.27. The number of nitrogens with one attached hydrogen (secondary N) is 1. The minimum Gasteiger partial charge on any atom is -0.347 e. The summed E-state index contributed by atoms with van der Waals surface area (Å²) in [5.74, 6) is -0.137. The lowest BCUT2D eigenvalue weighted by molar-refractivity contribution is 0.0940. The van der Waals surface area contributed by atoms with Gasteiger partial charge < -0.3 is 5.32 Å². The van der Waals surface area contributed by atoms with Gasteiger partial charge in [-0.2, -0.15) is 5.10 Å². The Hall–Kier alpha value is -2.18. The van der Waals surface area contributed by atoms with E-state index in [-0.39, 0.29) is 5.91 Å². The van der Waals surface area contributed by atoms with Crippen molar-refractivity contribution >= 4 is 28.8 Å². The summed E-state index contributed by atoms with van der Waals surface area (Å²) in [5, 5.41) is 7.49. The highest BCUT2D eigenvalue weighted by Gasteiger charge is 2.16. The molecule has 3 heterocycles. The Morgan fingerprint density at radius 3 is 2.75 bits per heavy atom. The first-order valence-electron chi connectivity index (χ1n) is 7.68. The van der Waals surface area contributed by atoms with Crippen LogP contribution < -0.4 is 5.32 Å². The summed E-state index contributed by atoms with van der Waals surface area (Å²) in [4.78, 5) is 17.5. The number of carbonyl (C=O) groups excluding carboxylic acids is 1. The molecule has 0 unspecified atom stereocenters. The summed E-state index contributed by atoms with van der Waals surface area (Å²) in [6.07, 6.45) is 4.32. The van der Waals surface area contributed by atoms with Gasteiger partial charge in [0.25, 0.3) is 5.91 Å². The zero-order chi connectivity index (χ0) is 16.9. The molecule has 0 bridgehead atoms. The molecule has 3 aromatic rings. The Morgan fingerprint density at radius 2 is 2.08 bits per heavy atom. The average Bonchev–Trinajstić information content (AvgIpc) is 3.20. The van der Waals surface area contributed by atoms with Gasteiger partial charge in [0.2, 0.25) is 0 Å². The Labute approximate surface area is 149 Å². The zero-order valence-electron chi connectivity index (χ0n) is 13.2. The molecule has 1 amide bonds. The van der Waals surface area contributed by atoms with Crippen molar-refractivity contribution in [2.24, 2.45) is 0 Å². The molecule has 0 aromatic carbocycles. The lowest BCUT2D eigenvalue weighted by Crippen LogP contribution is -2.25. The third kappa shape index (κ3) is 3.83. The average molecular weight is 361 g/mol. The molecule has 7 heteroatoms. The number of rotatable bonds is 6. The predicted octanol–water partition coefficient (Wildman–Crippen LogP) is 4.00. The first-order valence-corrected chi connectivity index (χ1v) is 8.87. The smallest absolute Gasteiger partial charge is 0.269 e. The SMILES string of the molecule is CCCn1nc(-c2ccc(Cl)s2)cc1C(=O)NCc1ccncc1. The molecule has 0 aliphatic carbocycles. The standard InChI is InChI=1S/C17H17ClN4OS/c1-2-9-22-14(10-13(21-22)15-3-4-16(18)24-15)17(23)20-11-12-5-7-19-8-6-12/h3-8,10H,2,9,11H2,1H3,(H,20,23). The maximum atomic E-state index is 12.6. The molecule has 124 valence electrons. The van der Waals surface area contributed by atoms with Crippen LogP contribution in [0.1, 0.15) is 29.4 Å². The van der Waals surface area contributed by atoms with E-state index in [1.807, 2.05) is 30.3 Å². The summed E-state index contributed by atoms with van der Waals surface area (Å²) in [6.45, 7) is 3.21. The molecule has 3 aromatic heterocycles. The van der Waals surface area contributed by atoms with Crippen molar-refractivity contribution in [2.45, 2.75) is 26.4 Å². The Balaban J connectivity index is 1.80. The molecule has 5 nitrogen and oxygen atoms in total. The molecule has 0 saturated heterocycles. The number of thiophene rings is 1. The van der Waals surface area contributed by atoms with Crippen LogP contribution in [-0.2, 0) is 13.1 Å². The van der Waals surface area contributed by atoms with Crippen molar-refractivity contribution in [3.63, 3.8) is 0 Å². The van der Waals surface area contributed by atoms with Gasteiger partial charge in [-0.25, -0.2) is 0 Å². The van der Waals surface area contributed by atoms with E-state index >= 15 is 0 Å². The van der Waals surface area contributed by atoms with E-state index < -0.39 is 0 Å². The lowest BCUT2D eigenvalue weighted by Gasteiger charge is -2.07. The molecular formula is C17H17ClN4OS. The summed E-state index contributed by atoms with van der Waals surface area (Å²) in [5.41, 5.74) is 2.34. The highest BCUT2D eigenvalue weighted by molar-refractivity contribution is 7.19. The van der Waals surface area contributed by atoms with Gasteiger partial charge in [-0.05, 0) is 42.3 Å². The first kappa shape index (κ1) is 16.7. The minimum atomic E-state index is -0.137.